The molecule has 0 amide bonds. The average Bonchev–Trinajstić information content (AvgIpc) is 2.80. The van der Waals surface area contributed by atoms with Crippen molar-refractivity contribution in [2.24, 2.45) is 0 Å². The first-order valence-electron chi connectivity index (χ1n) is 9.04. The third kappa shape index (κ3) is 4.25. The topological polar surface area (TPSA) is 65.0 Å². The highest BCUT2D eigenvalue weighted by Gasteiger charge is 2.12. The standard InChI is InChI=1S/C24H17N3O2/c1-2-21(28)29-20-15-13-19(14-16-20)24-26-22(17-9-5-3-6-10-17)25-23(27-24)18-11-7-4-8-12-18/h2-16H,1H2. The summed E-state index contributed by atoms with van der Waals surface area (Å²) in [7, 11) is 0. The number of hydrogen-bond acceptors (Lipinski definition) is 5. The molecule has 1 aromatic heterocycles. The number of esters is 1. The Balaban J connectivity index is 1.78. The van der Waals surface area contributed by atoms with Gasteiger partial charge in [-0.2, -0.15) is 0 Å². The summed E-state index contributed by atoms with van der Waals surface area (Å²) in [5.41, 5.74) is 2.61. The van der Waals surface area contributed by atoms with E-state index >= 15 is 0 Å². The number of hydrogen-bond donors (Lipinski definition) is 0. The second-order valence-corrected chi connectivity index (χ2v) is 6.19. The molecule has 0 fully saturated rings. The van der Waals surface area contributed by atoms with E-state index in [0.717, 1.165) is 22.8 Å². The molecule has 4 rings (SSSR count). The molecule has 0 unspecified atom stereocenters. The van der Waals surface area contributed by atoms with E-state index in [0.29, 0.717) is 23.2 Å². The quantitative estimate of drug-likeness (QED) is 0.278. The van der Waals surface area contributed by atoms with Crippen LogP contribution in [0.1, 0.15) is 0 Å². The molecule has 0 aliphatic rings. The van der Waals surface area contributed by atoms with Crippen LogP contribution in [0, 0.1) is 0 Å². The van der Waals surface area contributed by atoms with Crippen LogP contribution >= 0.6 is 0 Å². The summed E-state index contributed by atoms with van der Waals surface area (Å²) in [5, 5.41) is 0. The van der Waals surface area contributed by atoms with Crippen LogP contribution in [0.2, 0.25) is 0 Å². The molecular weight excluding hydrogens is 362 g/mol. The molecule has 1 heterocycles. The van der Waals surface area contributed by atoms with Crippen molar-refractivity contribution in [1.29, 1.82) is 0 Å². The van der Waals surface area contributed by atoms with Crippen molar-refractivity contribution in [2.45, 2.75) is 0 Å². The summed E-state index contributed by atoms with van der Waals surface area (Å²) < 4.78 is 5.13. The monoisotopic (exact) mass is 379 g/mol. The minimum atomic E-state index is -0.504. The Kier molecular flexibility index (Phi) is 5.21. The van der Waals surface area contributed by atoms with Crippen molar-refractivity contribution in [3.8, 4) is 39.9 Å². The number of rotatable bonds is 5. The summed E-state index contributed by atoms with van der Waals surface area (Å²) in [5.74, 6) is 1.66. The molecule has 0 saturated carbocycles. The SMILES string of the molecule is C=CC(=O)Oc1ccc(-c2nc(-c3ccccc3)nc(-c3ccccc3)n2)cc1. The highest BCUT2D eigenvalue weighted by molar-refractivity contribution is 5.83. The molecule has 140 valence electrons. The molecule has 0 radical (unpaired) electrons. The Morgan fingerprint density at radius 2 is 1.07 bits per heavy atom. The first-order chi connectivity index (χ1) is 14.2. The Bertz CT molecular complexity index is 1080. The van der Waals surface area contributed by atoms with Crippen LogP contribution in [-0.2, 0) is 4.79 Å². The Labute approximate surface area is 168 Å². The van der Waals surface area contributed by atoms with Gasteiger partial charge in [0.1, 0.15) is 5.75 Å². The summed E-state index contributed by atoms with van der Waals surface area (Å²) in [6.45, 7) is 3.40. The van der Waals surface area contributed by atoms with E-state index in [1.54, 1.807) is 12.1 Å². The van der Waals surface area contributed by atoms with E-state index in [-0.39, 0.29) is 0 Å². The summed E-state index contributed by atoms with van der Waals surface area (Å²) in [6.07, 6.45) is 1.12. The lowest BCUT2D eigenvalue weighted by molar-refractivity contribution is -0.128. The van der Waals surface area contributed by atoms with Gasteiger partial charge in [-0.15, -0.1) is 0 Å². The van der Waals surface area contributed by atoms with Crippen LogP contribution in [0.4, 0.5) is 0 Å². The number of ether oxygens (including phenoxy) is 1. The summed E-state index contributed by atoms with van der Waals surface area (Å²) in [4.78, 5) is 25.4. The van der Waals surface area contributed by atoms with Gasteiger partial charge in [0.05, 0.1) is 0 Å². The molecule has 0 atom stereocenters. The van der Waals surface area contributed by atoms with Crippen LogP contribution in [0.15, 0.2) is 97.6 Å². The molecule has 5 heteroatoms. The van der Waals surface area contributed by atoms with Crippen molar-refractivity contribution < 1.29 is 9.53 Å². The van der Waals surface area contributed by atoms with Gasteiger partial charge in [0.15, 0.2) is 17.5 Å². The number of carbonyl (C=O) groups excluding carboxylic acids is 1. The molecule has 29 heavy (non-hydrogen) atoms. The van der Waals surface area contributed by atoms with Crippen molar-refractivity contribution in [1.82, 2.24) is 15.0 Å². The van der Waals surface area contributed by atoms with Crippen molar-refractivity contribution in [2.75, 3.05) is 0 Å². The van der Waals surface area contributed by atoms with Gasteiger partial charge in [0.25, 0.3) is 0 Å². The third-order valence-electron chi connectivity index (χ3n) is 4.20. The molecule has 5 nitrogen and oxygen atoms in total. The zero-order chi connectivity index (χ0) is 20.1. The van der Waals surface area contributed by atoms with Gasteiger partial charge in [-0.3, -0.25) is 0 Å². The third-order valence-corrected chi connectivity index (χ3v) is 4.20. The molecule has 0 N–H and O–H groups in total. The van der Waals surface area contributed by atoms with Crippen molar-refractivity contribution >= 4 is 5.97 Å². The van der Waals surface area contributed by atoms with Gasteiger partial charge in [0.2, 0.25) is 0 Å². The van der Waals surface area contributed by atoms with Crippen LogP contribution in [0.3, 0.4) is 0 Å². The summed E-state index contributed by atoms with van der Waals surface area (Å²) >= 11 is 0. The van der Waals surface area contributed by atoms with Gasteiger partial charge in [-0.25, -0.2) is 19.7 Å². The lowest BCUT2D eigenvalue weighted by atomic mass is 10.1. The zero-order valence-corrected chi connectivity index (χ0v) is 15.5. The Hall–Kier alpha value is -4.12. The van der Waals surface area contributed by atoms with Crippen molar-refractivity contribution in [3.63, 3.8) is 0 Å². The molecule has 3 aromatic carbocycles. The van der Waals surface area contributed by atoms with E-state index in [2.05, 4.69) is 21.5 Å². The van der Waals surface area contributed by atoms with E-state index in [4.69, 9.17) is 4.74 Å². The highest BCUT2D eigenvalue weighted by atomic mass is 16.5. The maximum absolute atomic E-state index is 11.4. The minimum Gasteiger partial charge on any atom is -0.423 e. The molecule has 0 aliphatic carbocycles. The van der Waals surface area contributed by atoms with Crippen LogP contribution in [-0.4, -0.2) is 20.9 Å². The van der Waals surface area contributed by atoms with Crippen molar-refractivity contribution in [3.05, 3.63) is 97.6 Å². The Morgan fingerprint density at radius 1 is 0.655 bits per heavy atom. The highest BCUT2D eigenvalue weighted by Crippen LogP contribution is 2.25. The maximum atomic E-state index is 11.4. The number of benzene rings is 3. The van der Waals surface area contributed by atoms with E-state index in [1.165, 1.54) is 0 Å². The second kappa shape index (κ2) is 8.27. The average molecular weight is 379 g/mol. The minimum absolute atomic E-state index is 0.430. The fourth-order valence-corrected chi connectivity index (χ4v) is 2.77. The van der Waals surface area contributed by atoms with Crippen LogP contribution < -0.4 is 4.74 Å². The summed E-state index contributed by atoms with van der Waals surface area (Å²) in [6, 6.07) is 26.6. The fraction of sp³-hybridized carbons (Fsp3) is 0. The van der Waals surface area contributed by atoms with Gasteiger partial charge >= 0.3 is 5.97 Å². The predicted molar refractivity (Wildman–Crippen MR) is 112 cm³/mol. The lowest BCUT2D eigenvalue weighted by Gasteiger charge is -2.08. The normalized spacial score (nSPS) is 10.3. The first kappa shape index (κ1) is 18.3. The number of nitrogens with zero attached hydrogens (tertiary/aromatic N) is 3. The number of carbonyl (C=O) groups is 1. The van der Waals surface area contributed by atoms with Gasteiger partial charge < -0.3 is 4.74 Å². The molecule has 0 aliphatic heterocycles. The van der Waals surface area contributed by atoms with Crippen LogP contribution in [0.5, 0.6) is 5.75 Å². The lowest BCUT2D eigenvalue weighted by Crippen LogP contribution is -2.03. The first-order valence-corrected chi connectivity index (χ1v) is 9.04. The smallest absolute Gasteiger partial charge is 0.335 e. The molecule has 0 bridgehead atoms. The van der Waals surface area contributed by atoms with Gasteiger partial charge in [-0.05, 0) is 24.3 Å². The molecule has 4 aromatic rings. The number of aromatic nitrogens is 3. The van der Waals surface area contributed by atoms with E-state index < -0.39 is 5.97 Å². The molecule has 0 saturated heterocycles. The van der Waals surface area contributed by atoms with E-state index in [1.807, 2.05) is 72.8 Å². The largest absolute Gasteiger partial charge is 0.423 e. The fourth-order valence-electron chi connectivity index (χ4n) is 2.77. The molecule has 0 spiro atoms. The second-order valence-electron chi connectivity index (χ2n) is 6.19. The maximum Gasteiger partial charge on any atom is 0.335 e. The van der Waals surface area contributed by atoms with Gasteiger partial charge in [0, 0.05) is 22.8 Å². The van der Waals surface area contributed by atoms with E-state index in [9.17, 15) is 4.79 Å². The molecular formula is C24H17N3O2. The van der Waals surface area contributed by atoms with Gasteiger partial charge in [-0.1, -0.05) is 67.2 Å². The predicted octanol–water partition coefficient (Wildman–Crippen LogP) is 4.96. The Morgan fingerprint density at radius 3 is 1.48 bits per heavy atom. The zero-order valence-electron chi connectivity index (χ0n) is 15.5. The van der Waals surface area contributed by atoms with Crippen LogP contribution in [0.25, 0.3) is 34.2 Å².